The van der Waals surface area contributed by atoms with Crippen molar-refractivity contribution in [1.82, 2.24) is 15.0 Å². The maximum absolute atomic E-state index is 12.3. The number of benzene rings is 1. The van der Waals surface area contributed by atoms with Crippen LogP contribution in [0.2, 0.25) is 0 Å². The molecule has 90 valence electrons. The van der Waals surface area contributed by atoms with E-state index < -0.39 is 0 Å². The molecule has 19 heavy (non-hydrogen) atoms. The highest BCUT2D eigenvalue weighted by Gasteiger charge is 2.29. The van der Waals surface area contributed by atoms with Crippen molar-refractivity contribution in [2.75, 3.05) is 0 Å². The van der Waals surface area contributed by atoms with E-state index in [0.29, 0.717) is 28.1 Å². The zero-order chi connectivity index (χ0) is 13.0. The Hall–Kier alpha value is -2.14. The molecule has 0 unspecified atom stereocenters. The number of nitrogens with zero attached hydrogens (tertiary/aromatic N) is 3. The average molecular weight is 312 g/mol. The number of halogens is 1. The zero-order valence-corrected chi connectivity index (χ0v) is 11.2. The fourth-order valence-corrected chi connectivity index (χ4v) is 2.60. The van der Waals surface area contributed by atoms with Gasteiger partial charge in [0, 0.05) is 21.8 Å². The van der Waals surface area contributed by atoms with Gasteiger partial charge in [-0.2, -0.15) is 0 Å². The van der Waals surface area contributed by atoms with Gasteiger partial charge < -0.3 is 0 Å². The summed E-state index contributed by atoms with van der Waals surface area (Å²) in [4.78, 5) is 25.3. The number of pyridine rings is 1. The summed E-state index contributed by atoms with van der Waals surface area (Å²) in [6.45, 7) is 0. The monoisotopic (exact) mass is 311 g/mol. The van der Waals surface area contributed by atoms with Gasteiger partial charge in [-0.15, -0.1) is 0 Å². The zero-order valence-electron chi connectivity index (χ0n) is 9.59. The van der Waals surface area contributed by atoms with Crippen LogP contribution in [0.25, 0.3) is 22.4 Å². The van der Waals surface area contributed by atoms with Gasteiger partial charge in [0.2, 0.25) is 5.78 Å². The molecule has 3 aromatic rings. The molecular weight excluding hydrogens is 306 g/mol. The van der Waals surface area contributed by atoms with Gasteiger partial charge in [0.1, 0.15) is 16.9 Å². The van der Waals surface area contributed by atoms with Gasteiger partial charge in [0.25, 0.3) is 0 Å². The Morgan fingerprint density at radius 3 is 2.63 bits per heavy atom. The molecule has 0 bridgehead atoms. The second kappa shape index (κ2) is 3.68. The number of fused-ring (bicyclic) bond motifs is 4. The summed E-state index contributed by atoms with van der Waals surface area (Å²) in [6.07, 6.45) is 1.65. The molecule has 2 aromatic heterocycles. The van der Waals surface area contributed by atoms with Crippen LogP contribution in [-0.2, 0) is 0 Å². The summed E-state index contributed by atoms with van der Waals surface area (Å²) >= 11 is 3.36. The van der Waals surface area contributed by atoms with Crippen LogP contribution in [0.4, 0.5) is 0 Å². The highest BCUT2D eigenvalue weighted by Crippen LogP contribution is 2.34. The Morgan fingerprint density at radius 1 is 1.00 bits per heavy atom. The highest BCUT2D eigenvalue weighted by molar-refractivity contribution is 9.10. The average Bonchev–Trinajstić information content (AvgIpc) is 2.70. The minimum absolute atomic E-state index is 0.0790. The third-order valence-corrected chi connectivity index (χ3v) is 3.56. The molecule has 4 nitrogen and oxygen atoms in total. The normalized spacial score (nSPS) is 12.6. The minimum atomic E-state index is -0.0790. The van der Waals surface area contributed by atoms with Gasteiger partial charge in [-0.1, -0.05) is 24.3 Å². The quantitative estimate of drug-likeness (QED) is 0.501. The highest BCUT2D eigenvalue weighted by atomic mass is 79.9. The molecule has 0 saturated carbocycles. The van der Waals surface area contributed by atoms with Crippen LogP contribution in [0.5, 0.6) is 0 Å². The molecule has 0 aliphatic heterocycles. The Labute approximate surface area is 116 Å². The van der Waals surface area contributed by atoms with Gasteiger partial charge in [-0.25, -0.2) is 15.0 Å². The third kappa shape index (κ3) is 1.45. The third-order valence-electron chi connectivity index (χ3n) is 3.13. The lowest BCUT2D eigenvalue weighted by Gasteiger charge is -2.01. The van der Waals surface area contributed by atoms with Gasteiger partial charge >= 0.3 is 0 Å². The Morgan fingerprint density at radius 2 is 1.79 bits per heavy atom. The fourth-order valence-electron chi connectivity index (χ4n) is 2.28. The van der Waals surface area contributed by atoms with E-state index in [1.807, 2.05) is 24.3 Å². The molecule has 4 rings (SSSR count). The van der Waals surface area contributed by atoms with Crippen molar-refractivity contribution in [2.24, 2.45) is 0 Å². The van der Waals surface area contributed by atoms with E-state index in [2.05, 4.69) is 30.9 Å². The number of carbonyl (C=O) groups excluding carboxylic acids is 1. The maximum Gasteiger partial charge on any atom is 0.214 e. The van der Waals surface area contributed by atoms with Crippen molar-refractivity contribution in [1.29, 1.82) is 0 Å². The molecule has 0 atom stereocenters. The van der Waals surface area contributed by atoms with Gasteiger partial charge in [0.15, 0.2) is 5.65 Å². The largest absolute Gasteiger partial charge is 0.287 e. The second-order valence-electron chi connectivity index (χ2n) is 4.29. The topological polar surface area (TPSA) is 55.7 Å². The molecular formula is C14H6BrN3O. The van der Waals surface area contributed by atoms with E-state index in [9.17, 15) is 4.79 Å². The second-order valence-corrected chi connectivity index (χ2v) is 5.21. The molecule has 1 aliphatic rings. The molecule has 0 saturated heterocycles. The van der Waals surface area contributed by atoms with Gasteiger partial charge in [0.05, 0.1) is 0 Å². The van der Waals surface area contributed by atoms with Crippen molar-refractivity contribution >= 4 is 32.9 Å². The van der Waals surface area contributed by atoms with Crippen LogP contribution < -0.4 is 0 Å². The lowest BCUT2D eigenvalue weighted by Crippen LogP contribution is -2.00. The van der Waals surface area contributed by atoms with Crippen molar-refractivity contribution in [3.63, 3.8) is 0 Å². The first kappa shape index (κ1) is 10.8. The molecule has 1 aliphatic carbocycles. The van der Waals surface area contributed by atoms with Crippen molar-refractivity contribution < 1.29 is 4.79 Å². The summed E-state index contributed by atoms with van der Waals surface area (Å²) in [5, 5.41) is 0. The molecule has 0 amide bonds. The summed E-state index contributed by atoms with van der Waals surface area (Å²) in [5.74, 6) is -0.0790. The molecule has 5 heteroatoms. The van der Waals surface area contributed by atoms with Crippen molar-refractivity contribution in [3.05, 3.63) is 52.3 Å². The van der Waals surface area contributed by atoms with Crippen LogP contribution in [0.1, 0.15) is 16.1 Å². The molecule has 1 aromatic carbocycles. The van der Waals surface area contributed by atoms with E-state index in [1.165, 1.54) is 0 Å². The lowest BCUT2D eigenvalue weighted by molar-refractivity contribution is 0.103. The Kier molecular flexibility index (Phi) is 2.08. The predicted molar refractivity (Wildman–Crippen MR) is 73.9 cm³/mol. The number of ketones is 1. The van der Waals surface area contributed by atoms with Crippen LogP contribution in [-0.4, -0.2) is 20.7 Å². The number of aromatic nitrogens is 3. The summed E-state index contributed by atoms with van der Waals surface area (Å²) in [6, 6.07) is 9.28. The number of hydrogen-bond donors (Lipinski definition) is 0. The smallest absolute Gasteiger partial charge is 0.214 e. The number of rotatable bonds is 0. The van der Waals surface area contributed by atoms with Crippen LogP contribution in [0.3, 0.4) is 0 Å². The van der Waals surface area contributed by atoms with E-state index in [4.69, 9.17) is 0 Å². The summed E-state index contributed by atoms with van der Waals surface area (Å²) in [7, 11) is 0. The number of carbonyl (C=O) groups is 1. The van der Waals surface area contributed by atoms with E-state index in [1.54, 1.807) is 12.3 Å². The van der Waals surface area contributed by atoms with E-state index in [0.717, 1.165) is 10.0 Å². The van der Waals surface area contributed by atoms with Crippen LogP contribution >= 0.6 is 15.9 Å². The van der Waals surface area contributed by atoms with Gasteiger partial charge in [-0.3, -0.25) is 4.79 Å². The Bertz CT molecular complexity index is 860. The van der Waals surface area contributed by atoms with Crippen LogP contribution in [0, 0.1) is 0 Å². The van der Waals surface area contributed by atoms with Crippen LogP contribution in [0.15, 0.2) is 41.0 Å². The predicted octanol–water partition coefficient (Wildman–Crippen LogP) is 3.00. The standard InChI is InChI=1S/C14H6BrN3O/c15-7-5-10-14(16-6-7)18-12-11(17-10)8-3-1-2-4-9(8)13(12)19/h1-6H. The van der Waals surface area contributed by atoms with Crippen molar-refractivity contribution in [2.45, 2.75) is 0 Å². The first-order valence-corrected chi connectivity index (χ1v) is 6.51. The van der Waals surface area contributed by atoms with E-state index in [-0.39, 0.29) is 5.78 Å². The van der Waals surface area contributed by atoms with E-state index >= 15 is 0 Å². The molecule has 0 fully saturated rings. The minimum Gasteiger partial charge on any atom is -0.287 e. The van der Waals surface area contributed by atoms with Crippen molar-refractivity contribution in [3.8, 4) is 11.3 Å². The number of hydrogen-bond acceptors (Lipinski definition) is 4. The summed E-state index contributed by atoms with van der Waals surface area (Å²) in [5.41, 5.74) is 3.71. The first-order chi connectivity index (χ1) is 9.24. The maximum atomic E-state index is 12.3. The molecule has 0 spiro atoms. The lowest BCUT2D eigenvalue weighted by atomic mass is 10.1. The first-order valence-electron chi connectivity index (χ1n) is 5.71. The fraction of sp³-hybridized carbons (Fsp3) is 0. The molecule has 2 heterocycles. The SMILES string of the molecule is O=C1c2ccccc2-c2nc3cc(Br)cnc3nc21. The molecule has 0 N–H and O–H groups in total. The molecule has 0 radical (unpaired) electrons. The Balaban J connectivity index is 2.11. The van der Waals surface area contributed by atoms with Gasteiger partial charge in [-0.05, 0) is 22.0 Å². The summed E-state index contributed by atoms with van der Waals surface area (Å²) < 4.78 is 0.840.